The smallest absolute Gasteiger partial charge is 0.326 e. The third-order valence-corrected chi connectivity index (χ3v) is 2.85. The van der Waals surface area contributed by atoms with Gasteiger partial charge in [0.15, 0.2) is 5.69 Å². The summed E-state index contributed by atoms with van der Waals surface area (Å²) in [5, 5.41) is 6.04. The monoisotopic (exact) mass is 333 g/mol. The summed E-state index contributed by atoms with van der Waals surface area (Å²) in [5.41, 5.74) is -1.06. The minimum atomic E-state index is -0.642. The van der Waals surface area contributed by atoms with Crippen LogP contribution in [0.2, 0.25) is 0 Å². The number of amides is 1. The number of ether oxygens (including phenoxy) is 1. The molecule has 2 rings (SSSR count). The molecule has 8 heteroatoms. The molecule has 0 aliphatic rings. The van der Waals surface area contributed by atoms with Crippen molar-refractivity contribution in [1.29, 1.82) is 0 Å². The minimum absolute atomic E-state index is 0.0340. The van der Waals surface area contributed by atoms with Gasteiger partial charge in [-0.1, -0.05) is 5.16 Å². The standard InChI is InChI=1S/C16H19N3O5/c1-10-8-12(18-24-10)14(21)17-11-6-5-7-19(15(11)22)9-13(20)23-16(2,3)4/h5-8H,9H2,1-4H3,(H,17,21). The van der Waals surface area contributed by atoms with Crippen molar-refractivity contribution in [3.05, 3.63) is 46.2 Å². The fraction of sp³-hybridized carbons (Fsp3) is 0.375. The molecule has 8 nitrogen and oxygen atoms in total. The molecule has 0 bridgehead atoms. The maximum Gasteiger partial charge on any atom is 0.326 e. The molecule has 0 fully saturated rings. The molecule has 1 amide bonds. The number of rotatable bonds is 4. The number of carbonyl (C=O) groups is 2. The van der Waals surface area contributed by atoms with E-state index in [0.29, 0.717) is 5.76 Å². The van der Waals surface area contributed by atoms with E-state index in [9.17, 15) is 14.4 Å². The molecule has 0 spiro atoms. The van der Waals surface area contributed by atoms with E-state index in [1.54, 1.807) is 33.8 Å². The Morgan fingerprint density at radius 2 is 2.08 bits per heavy atom. The number of pyridine rings is 1. The van der Waals surface area contributed by atoms with E-state index in [4.69, 9.17) is 9.26 Å². The summed E-state index contributed by atoms with van der Waals surface area (Å²) in [5.74, 6) is -0.630. The first kappa shape index (κ1) is 17.5. The van der Waals surface area contributed by atoms with Crippen LogP contribution in [0.5, 0.6) is 0 Å². The lowest BCUT2D eigenvalue weighted by molar-refractivity contribution is -0.155. The molecule has 0 radical (unpaired) electrons. The van der Waals surface area contributed by atoms with Crippen LogP contribution in [0.1, 0.15) is 37.0 Å². The van der Waals surface area contributed by atoms with E-state index in [-0.39, 0.29) is 17.9 Å². The minimum Gasteiger partial charge on any atom is -0.459 e. The zero-order valence-corrected chi connectivity index (χ0v) is 14.0. The fourth-order valence-electron chi connectivity index (χ4n) is 1.93. The lowest BCUT2D eigenvalue weighted by Gasteiger charge is -2.19. The van der Waals surface area contributed by atoms with Crippen LogP contribution in [0, 0.1) is 6.92 Å². The van der Waals surface area contributed by atoms with Crippen molar-refractivity contribution < 1.29 is 18.8 Å². The molecule has 0 unspecified atom stereocenters. The number of nitrogens with one attached hydrogen (secondary N) is 1. The Morgan fingerprint density at radius 1 is 1.38 bits per heavy atom. The van der Waals surface area contributed by atoms with Crippen molar-refractivity contribution >= 4 is 17.6 Å². The number of nitrogens with zero attached hydrogens (tertiary/aromatic N) is 2. The second-order valence-electron chi connectivity index (χ2n) is 6.22. The number of hydrogen-bond donors (Lipinski definition) is 1. The highest BCUT2D eigenvalue weighted by Crippen LogP contribution is 2.08. The van der Waals surface area contributed by atoms with Gasteiger partial charge in [0.1, 0.15) is 23.6 Å². The molecule has 0 aliphatic heterocycles. The molecule has 24 heavy (non-hydrogen) atoms. The molecule has 0 aromatic carbocycles. The molecule has 0 aliphatic carbocycles. The maximum atomic E-state index is 12.3. The van der Waals surface area contributed by atoms with Crippen molar-refractivity contribution in [2.24, 2.45) is 0 Å². The van der Waals surface area contributed by atoms with Gasteiger partial charge in [-0.15, -0.1) is 0 Å². The summed E-state index contributed by atoms with van der Waals surface area (Å²) in [6, 6.07) is 4.45. The molecular formula is C16H19N3O5. The van der Waals surface area contributed by atoms with Crippen LogP contribution < -0.4 is 10.9 Å². The van der Waals surface area contributed by atoms with Gasteiger partial charge in [-0.3, -0.25) is 14.4 Å². The number of carbonyl (C=O) groups excluding carboxylic acids is 2. The van der Waals surface area contributed by atoms with Crippen LogP contribution >= 0.6 is 0 Å². The van der Waals surface area contributed by atoms with E-state index in [2.05, 4.69) is 10.5 Å². The van der Waals surface area contributed by atoms with E-state index in [0.717, 1.165) is 4.57 Å². The summed E-state index contributed by atoms with van der Waals surface area (Å²) in [6.07, 6.45) is 1.45. The third-order valence-electron chi connectivity index (χ3n) is 2.85. The lowest BCUT2D eigenvalue weighted by atomic mass is 10.2. The molecule has 0 saturated carbocycles. The Bertz CT molecular complexity index is 814. The normalized spacial score (nSPS) is 11.2. The molecule has 128 valence electrons. The summed E-state index contributed by atoms with van der Waals surface area (Å²) < 4.78 is 11.2. The maximum absolute atomic E-state index is 12.3. The molecule has 0 atom stereocenters. The second kappa shape index (κ2) is 6.69. The van der Waals surface area contributed by atoms with Crippen molar-refractivity contribution in [3.8, 4) is 0 Å². The lowest BCUT2D eigenvalue weighted by Crippen LogP contribution is -2.31. The zero-order valence-electron chi connectivity index (χ0n) is 14.0. The highest BCUT2D eigenvalue weighted by Gasteiger charge is 2.18. The Kier molecular flexibility index (Phi) is 4.87. The van der Waals surface area contributed by atoms with Gasteiger partial charge in [0, 0.05) is 12.3 Å². The Morgan fingerprint density at radius 3 is 2.67 bits per heavy atom. The number of aryl methyl sites for hydroxylation is 1. The van der Waals surface area contributed by atoms with Gasteiger partial charge >= 0.3 is 5.97 Å². The van der Waals surface area contributed by atoms with Gasteiger partial charge in [-0.05, 0) is 39.8 Å². The molecule has 1 N–H and O–H groups in total. The summed E-state index contributed by atoms with van der Waals surface area (Å²) in [6.45, 7) is 6.63. The van der Waals surface area contributed by atoms with Crippen molar-refractivity contribution in [2.45, 2.75) is 39.8 Å². The van der Waals surface area contributed by atoms with Crippen LogP contribution in [-0.4, -0.2) is 27.2 Å². The Hall–Kier alpha value is -2.90. The number of anilines is 1. The first-order chi connectivity index (χ1) is 11.2. The van der Waals surface area contributed by atoms with Crippen molar-refractivity contribution in [1.82, 2.24) is 9.72 Å². The van der Waals surface area contributed by atoms with Crippen LogP contribution in [0.3, 0.4) is 0 Å². The summed E-state index contributed by atoms with van der Waals surface area (Å²) in [7, 11) is 0. The van der Waals surface area contributed by atoms with Gasteiger partial charge < -0.3 is 19.1 Å². The molecule has 0 saturated heterocycles. The summed E-state index contributed by atoms with van der Waals surface area (Å²) in [4.78, 5) is 36.2. The second-order valence-corrected chi connectivity index (χ2v) is 6.22. The van der Waals surface area contributed by atoms with E-state index in [1.807, 2.05) is 0 Å². The van der Waals surface area contributed by atoms with Crippen molar-refractivity contribution in [3.63, 3.8) is 0 Å². The van der Waals surface area contributed by atoms with Gasteiger partial charge in [-0.25, -0.2) is 0 Å². The number of hydrogen-bond acceptors (Lipinski definition) is 6. The average molecular weight is 333 g/mol. The Labute approximate surface area is 138 Å². The highest BCUT2D eigenvalue weighted by atomic mass is 16.6. The first-order valence-electron chi connectivity index (χ1n) is 7.32. The van der Waals surface area contributed by atoms with Crippen LogP contribution in [0.15, 0.2) is 33.7 Å². The van der Waals surface area contributed by atoms with Crippen LogP contribution in [0.4, 0.5) is 5.69 Å². The Balaban J connectivity index is 2.14. The van der Waals surface area contributed by atoms with Crippen LogP contribution in [0.25, 0.3) is 0 Å². The van der Waals surface area contributed by atoms with Crippen molar-refractivity contribution in [2.75, 3.05) is 5.32 Å². The summed E-state index contributed by atoms with van der Waals surface area (Å²) >= 11 is 0. The van der Waals surface area contributed by atoms with E-state index >= 15 is 0 Å². The number of aromatic nitrogens is 2. The predicted octanol–water partition coefficient (Wildman–Crippen LogP) is 1.74. The highest BCUT2D eigenvalue weighted by molar-refractivity contribution is 6.02. The molecule has 2 aromatic rings. The van der Waals surface area contributed by atoms with Gasteiger partial charge in [0.2, 0.25) is 0 Å². The van der Waals surface area contributed by atoms with Crippen LogP contribution in [-0.2, 0) is 16.1 Å². The quantitative estimate of drug-likeness (QED) is 0.855. The van der Waals surface area contributed by atoms with Gasteiger partial charge in [0.25, 0.3) is 11.5 Å². The van der Waals surface area contributed by atoms with E-state index < -0.39 is 23.0 Å². The van der Waals surface area contributed by atoms with E-state index in [1.165, 1.54) is 18.3 Å². The average Bonchev–Trinajstić information content (AvgIpc) is 2.88. The largest absolute Gasteiger partial charge is 0.459 e. The molecule has 2 aromatic heterocycles. The zero-order chi connectivity index (χ0) is 17.9. The first-order valence-corrected chi connectivity index (χ1v) is 7.32. The number of esters is 1. The SMILES string of the molecule is Cc1cc(C(=O)Nc2cccn(CC(=O)OC(C)(C)C)c2=O)no1. The third kappa shape index (κ3) is 4.55. The predicted molar refractivity (Wildman–Crippen MR) is 85.7 cm³/mol. The molecule has 2 heterocycles. The topological polar surface area (TPSA) is 103 Å². The van der Waals surface area contributed by atoms with Gasteiger partial charge in [-0.2, -0.15) is 0 Å². The fourth-order valence-corrected chi connectivity index (χ4v) is 1.93. The van der Waals surface area contributed by atoms with Gasteiger partial charge in [0.05, 0.1) is 0 Å². The molecular weight excluding hydrogens is 314 g/mol.